The second-order valence-corrected chi connectivity index (χ2v) is 6.48. The highest BCUT2D eigenvalue weighted by molar-refractivity contribution is 5.77. The lowest BCUT2D eigenvalue weighted by Crippen LogP contribution is -2.63. The van der Waals surface area contributed by atoms with Gasteiger partial charge in [-0.25, -0.2) is 0 Å². The fourth-order valence-electron chi connectivity index (χ4n) is 2.39. The monoisotopic (exact) mass is 362 g/mol. The van der Waals surface area contributed by atoms with Crippen molar-refractivity contribution >= 4 is 11.8 Å². The van der Waals surface area contributed by atoms with Gasteiger partial charge in [-0.05, 0) is 19.3 Å². The Bertz CT molecular complexity index is 433. The van der Waals surface area contributed by atoms with Gasteiger partial charge in [0.15, 0.2) is 12.6 Å². The topological polar surface area (TPSA) is 137 Å². The van der Waals surface area contributed by atoms with E-state index in [1.807, 2.05) is 13.8 Å². The van der Waals surface area contributed by atoms with Crippen LogP contribution in [0.15, 0.2) is 0 Å². The molecule has 1 aliphatic heterocycles. The van der Waals surface area contributed by atoms with Gasteiger partial charge in [-0.2, -0.15) is 0 Å². The quantitative estimate of drug-likeness (QED) is 0.326. The summed E-state index contributed by atoms with van der Waals surface area (Å²) in [5.41, 5.74) is 0. The van der Waals surface area contributed by atoms with Crippen molar-refractivity contribution in [1.29, 1.82) is 0 Å². The SMILES string of the molecule is CC(=O)N[C@H]1[C@H](OCCCCCNC(=O)C(C)C)O[C@H](O)[C@H](O)[C@@H]1O. The first-order valence-electron chi connectivity index (χ1n) is 8.60. The average molecular weight is 362 g/mol. The summed E-state index contributed by atoms with van der Waals surface area (Å²) in [5.74, 6) is -0.428. The first-order valence-corrected chi connectivity index (χ1v) is 8.60. The molecule has 5 N–H and O–H groups in total. The highest BCUT2D eigenvalue weighted by atomic mass is 16.7. The van der Waals surface area contributed by atoms with Crippen LogP contribution in [0.2, 0.25) is 0 Å². The molecule has 0 unspecified atom stereocenters. The molecule has 9 nitrogen and oxygen atoms in total. The Morgan fingerprint density at radius 1 is 1.12 bits per heavy atom. The van der Waals surface area contributed by atoms with Crippen molar-refractivity contribution in [2.45, 2.75) is 70.9 Å². The number of nitrogens with one attached hydrogen (secondary N) is 2. The highest BCUT2D eigenvalue weighted by Crippen LogP contribution is 2.21. The number of aliphatic hydroxyl groups is 3. The van der Waals surface area contributed by atoms with Crippen molar-refractivity contribution in [1.82, 2.24) is 10.6 Å². The normalized spacial score (nSPS) is 29.5. The molecule has 1 heterocycles. The van der Waals surface area contributed by atoms with Gasteiger partial charge in [0.2, 0.25) is 11.8 Å². The van der Waals surface area contributed by atoms with Crippen molar-refractivity contribution in [2.75, 3.05) is 13.2 Å². The van der Waals surface area contributed by atoms with E-state index in [4.69, 9.17) is 9.47 Å². The van der Waals surface area contributed by atoms with E-state index in [1.165, 1.54) is 6.92 Å². The summed E-state index contributed by atoms with van der Waals surface area (Å²) in [7, 11) is 0. The van der Waals surface area contributed by atoms with Crippen LogP contribution in [-0.2, 0) is 19.1 Å². The van der Waals surface area contributed by atoms with Gasteiger partial charge >= 0.3 is 0 Å². The number of aliphatic hydroxyl groups excluding tert-OH is 3. The molecular formula is C16H30N2O7. The van der Waals surface area contributed by atoms with Gasteiger partial charge in [-0.3, -0.25) is 9.59 Å². The zero-order valence-electron chi connectivity index (χ0n) is 15.0. The van der Waals surface area contributed by atoms with Gasteiger partial charge in [0.1, 0.15) is 18.2 Å². The molecule has 0 aromatic carbocycles. The molecule has 2 amide bonds. The van der Waals surface area contributed by atoms with E-state index in [2.05, 4.69) is 10.6 Å². The van der Waals surface area contributed by atoms with Gasteiger partial charge < -0.3 is 35.4 Å². The lowest BCUT2D eigenvalue weighted by Gasteiger charge is -2.40. The molecule has 1 saturated heterocycles. The van der Waals surface area contributed by atoms with Crippen molar-refractivity contribution < 1.29 is 34.4 Å². The first kappa shape index (κ1) is 21.8. The molecule has 1 fully saturated rings. The predicted molar refractivity (Wildman–Crippen MR) is 88.1 cm³/mol. The van der Waals surface area contributed by atoms with Gasteiger partial charge in [0, 0.05) is 26.0 Å². The summed E-state index contributed by atoms with van der Waals surface area (Å²) in [6.45, 7) is 5.81. The van der Waals surface area contributed by atoms with Gasteiger partial charge in [-0.1, -0.05) is 13.8 Å². The Kier molecular flexibility index (Phi) is 9.30. The lowest BCUT2D eigenvalue weighted by atomic mass is 10.0. The fraction of sp³-hybridized carbons (Fsp3) is 0.875. The summed E-state index contributed by atoms with van der Waals surface area (Å²) in [6.07, 6.45) is -3.28. The molecule has 0 spiro atoms. The molecule has 146 valence electrons. The van der Waals surface area contributed by atoms with E-state index in [9.17, 15) is 24.9 Å². The van der Waals surface area contributed by atoms with E-state index in [0.717, 1.165) is 12.8 Å². The van der Waals surface area contributed by atoms with Crippen molar-refractivity contribution in [3.8, 4) is 0 Å². The van der Waals surface area contributed by atoms with Crippen LogP contribution in [0, 0.1) is 5.92 Å². The van der Waals surface area contributed by atoms with Crippen LogP contribution >= 0.6 is 0 Å². The van der Waals surface area contributed by atoms with E-state index in [0.29, 0.717) is 13.0 Å². The molecule has 1 rings (SSSR count). The Morgan fingerprint density at radius 2 is 1.80 bits per heavy atom. The van der Waals surface area contributed by atoms with Crippen LogP contribution in [-0.4, -0.2) is 71.1 Å². The van der Waals surface area contributed by atoms with Crippen molar-refractivity contribution in [3.63, 3.8) is 0 Å². The Labute approximate surface area is 147 Å². The number of hydrogen-bond acceptors (Lipinski definition) is 7. The zero-order valence-corrected chi connectivity index (χ0v) is 15.0. The smallest absolute Gasteiger partial charge is 0.222 e. The Balaban J connectivity index is 2.31. The fourth-order valence-corrected chi connectivity index (χ4v) is 2.39. The summed E-state index contributed by atoms with van der Waals surface area (Å²) in [4.78, 5) is 22.6. The van der Waals surface area contributed by atoms with Crippen LogP contribution < -0.4 is 10.6 Å². The maximum Gasteiger partial charge on any atom is 0.222 e. The number of carbonyl (C=O) groups is 2. The average Bonchev–Trinajstić information content (AvgIpc) is 2.54. The minimum atomic E-state index is -1.59. The van der Waals surface area contributed by atoms with Gasteiger partial charge in [0.05, 0.1) is 0 Å². The predicted octanol–water partition coefficient (Wildman–Crippen LogP) is -1.15. The van der Waals surface area contributed by atoms with Gasteiger partial charge in [0.25, 0.3) is 0 Å². The highest BCUT2D eigenvalue weighted by Gasteiger charge is 2.44. The van der Waals surface area contributed by atoms with Crippen molar-refractivity contribution in [3.05, 3.63) is 0 Å². The number of carbonyl (C=O) groups excluding carboxylic acids is 2. The van der Waals surface area contributed by atoms with Crippen LogP contribution in [0.5, 0.6) is 0 Å². The lowest BCUT2D eigenvalue weighted by molar-refractivity contribution is -0.315. The third-order valence-corrected chi connectivity index (χ3v) is 3.87. The van der Waals surface area contributed by atoms with E-state index in [1.54, 1.807) is 0 Å². The molecule has 0 aliphatic carbocycles. The van der Waals surface area contributed by atoms with E-state index in [-0.39, 0.29) is 18.4 Å². The molecule has 5 atom stereocenters. The standard InChI is InChI=1S/C16H30N2O7/c1-9(2)14(22)17-7-5-4-6-8-24-16-11(18-10(3)19)12(20)13(21)15(23)25-16/h9,11-13,15-16,20-21,23H,4-8H2,1-3H3,(H,17,22)(H,18,19)/t11-,12-,13-,15+,16-/m1/s1. The van der Waals surface area contributed by atoms with E-state index < -0.39 is 36.7 Å². The van der Waals surface area contributed by atoms with Crippen LogP contribution in [0.3, 0.4) is 0 Å². The molecule has 0 aromatic heterocycles. The van der Waals surface area contributed by atoms with E-state index >= 15 is 0 Å². The third-order valence-electron chi connectivity index (χ3n) is 3.87. The number of unbranched alkanes of at least 4 members (excludes halogenated alkanes) is 2. The number of amides is 2. The van der Waals surface area contributed by atoms with Crippen molar-refractivity contribution in [2.24, 2.45) is 5.92 Å². The van der Waals surface area contributed by atoms with Crippen LogP contribution in [0.4, 0.5) is 0 Å². The van der Waals surface area contributed by atoms with Crippen LogP contribution in [0.25, 0.3) is 0 Å². The first-order chi connectivity index (χ1) is 11.7. The molecule has 0 aromatic rings. The number of hydrogen-bond donors (Lipinski definition) is 5. The molecule has 0 saturated carbocycles. The molecule has 9 heteroatoms. The second-order valence-electron chi connectivity index (χ2n) is 6.48. The number of ether oxygens (including phenoxy) is 2. The van der Waals surface area contributed by atoms with Crippen LogP contribution in [0.1, 0.15) is 40.0 Å². The minimum absolute atomic E-state index is 0.0199. The zero-order chi connectivity index (χ0) is 19.0. The third kappa shape index (κ3) is 7.25. The largest absolute Gasteiger partial charge is 0.388 e. The maximum absolute atomic E-state index is 11.4. The molecule has 0 bridgehead atoms. The molecule has 1 aliphatic rings. The minimum Gasteiger partial charge on any atom is -0.388 e. The molecular weight excluding hydrogens is 332 g/mol. The Morgan fingerprint density at radius 3 is 2.40 bits per heavy atom. The summed E-state index contributed by atoms with van der Waals surface area (Å²) >= 11 is 0. The molecule has 25 heavy (non-hydrogen) atoms. The summed E-state index contributed by atoms with van der Waals surface area (Å²) in [5, 5.41) is 34.5. The maximum atomic E-state index is 11.4. The Hall–Kier alpha value is -1.26. The summed E-state index contributed by atoms with van der Waals surface area (Å²) < 4.78 is 10.6. The molecule has 0 radical (unpaired) electrons. The van der Waals surface area contributed by atoms with Gasteiger partial charge in [-0.15, -0.1) is 0 Å². The number of rotatable bonds is 9. The second kappa shape index (κ2) is 10.7. The summed E-state index contributed by atoms with van der Waals surface area (Å²) in [6, 6.07) is -0.971.